The summed E-state index contributed by atoms with van der Waals surface area (Å²) in [6.45, 7) is 1.33. The number of carbonyl (C=O) groups excluding carboxylic acids is 3. The molecule has 11 heteroatoms. The molecule has 0 aliphatic carbocycles. The van der Waals surface area contributed by atoms with E-state index in [-0.39, 0.29) is 30.6 Å². The van der Waals surface area contributed by atoms with Crippen molar-refractivity contribution in [3.63, 3.8) is 0 Å². The maximum atomic E-state index is 13.0. The highest BCUT2D eigenvalue weighted by Gasteiger charge is 2.33. The first kappa shape index (κ1) is 22.8. The van der Waals surface area contributed by atoms with Crippen LogP contribution >= 0.6 is 11.3 Å². The van der Waals surface area contributed by atoms with E-state index >= 15 is 0 Å². The average Bonchev–Trinajstić information content (AvgIpc) is 3.27. The topological polar surface area (TPSA) is 81.8 Å². The number of rotatable bonds is 6. The van der Waals surface area contributed by atoms with Crippen LogP contribution < -0.4 is 10.6 Å². The van der Waals surface area contributed by atoms with Crippen molar-refractivity contribution >= 4 is 34.7 Å². The Morgan fingerprint density at radius 1 is 1.00 bits per heavy atom. The minimum atomic E-state index is -4.56. The number of para-hydroxylation sites is 1. The Bertz CT molecular complexity index is 926. The Labute approximate surface area is 180 Å². The number of piperazine rings is 1. The van der Waals surface area contributed by atoms with E-state index in [0.717, 1.165) is 6.07 Å². The molecule has 1 aromatic heterocycles. The maximum Gasteiger partial charge on any atom is 0.418 e. The van der Waals surface area contributed by atoms with Crippen LogP contribution in [-0.2, 0) is 15.8 Å². The highest BCUT2D eigenvalue weighted by molar-refractivity contribution is 7.12. The summed E-state index contributed by atoms with van der Waals surface area (Å²) in [6, 6.07) is 8.23. The van der Waals surface area contributed by atoms with Gasteiger partial charge in [-0.05, 0) is 23.6 Å². The summed E-state index contributed by atoms with van der Waals surface area (Å²) in [5, 5.41) is 6.67. The van der Waals surface area contributed by atoms with Gasteiger partial charge in [-0.2, -0.15) is 13.2 Å². The van der Waals surface area contributed by atoms with E-state index in [0.29, 0.717) is 31.1 Å². The molecule has 0 saturated carbocycles. The van der Waals surface area contributed by atoms with Gasteiger partial charge >= 0.3 is 6.18 Å². The molecule has 2 heterocycles. The standard InChI is InChI=1S/C20H21F3N4O3S/c21-20(22,23)14-4-1-2-5-15(14)25-17(28)13-26-7-9-27(10-8-26)18(29)12-24-19(30)16-6-3-11-31-16/h1-6,11H,7-10,12-13H2,(H,24,30)(H,25,28). The Morgan fingerprint density at radius 3 is 2.35 bits per heavy atom. The molecule has 0 spiro atoms. The predicted molar refractivity (Wildman–Crippen MR) is 110 cm³/mol. The largest absolute Gasteiger partial charge is 0.418 e. The monoisotopic (exact) mass is 454 g/mol. The molecule has 0 bridgehead atoms. The third kappa shape index (κ3) is 6.28. The Balaban J connectivity index is 1.43. The molecular formula is C20H21F3N4O3S. The first-order valence-electron chi connectivity index (χ1n) is 9.52. The number of hydrogen-bond donors (Lipinski definition) is 2. The molecule has 0 radical (unpaired) electrons. The first-order chi connectivity index (χ1) is 14.7. The molecule has 3 amide bonds. The summed E-state index contributed by atoms with van der Waals surface area (Å²) in [6.07, 6.45) is -4.56. The van der Waals surface area contributed by atoms with Crippen LogP contribution in [0.5, 0.6) is 0 Å². The summed E-state index contributed by atoms with van der Waals surface area (Å²) in [5.74, 6) is -1.09. The van der Waals surface area contributed by atoms with Gasteiger partial charge in [0.25, 0.3) is 5.91 Å². The van der Waals surface area contributed by atoms with E-state index in [1.54, 1.807) is 27.3 Å². The van der Waals surface area contributed by atoms with E-state index in [1.807, 2.05) is 0 Å². The number of amides is 3. The lowest BCUT2D eigenvalue weighted by Gasteiger charge is -2.34. The minimum Gasteiger partial charge on any atom is -0.342 e. The van der Waals surface area contributed by atoms with Crippen molar-refractivity contribution in [2.75, 3.05) is 44.6 Å². The number of nitrogens with zero attached hydrogens (tertiary/aromatic N) is 2. The van der Waals surface area contributed by atoms with Crippen molar-refractivity contribution in [1.29, 1.82) is 0 Å². The van der Waals surface area contributed by atoms with Gasteiger partial charge in [-0.3, -0.25) is 19.3 Å². The van der Waals surface area contributed by atoms with Gasteiger partial charge in [0, 0.05) is 26.2 Å². The molecule has 2 aromatic rings. The zero-order valence-electron chi connectivity index (χ0n) is 16.4. The van der Waals surface area contributed by atoms with Gasteiger partial charge in [0.1, 0.15) is 0 Å². The average molecular weight is 454 g/mol. The van der Waals surface area contributed by atoms with Crippen LogP contribution in [-0.4, -0.2) is 66.8 Å². The summed E-state index contributed by atoms with van der Waals surface area (Å²) < 4.78 is 39.1. The van der Waals surface area contributed by atoms with Gasteiger partial charge in [0.05, 0.1) is 29.2 Å². The van der Waals surface area contributed by atoms with Crippen LogP contribution in [0.4, 0.5) is 18.9 Å². The molecule has 31 heavy (non-hydrogen) atoms. The zero-order valence-corrected chi connectivity index (χ0v) is 17.3. The lowest BCUT2D eigenvalue weighted by atomic mass is 10.1. The van der Waals surface area contributed by atoms with E-state index in [4.69, 9.17) is 0 Å². The van der Waals surface area contributed by atoms with Crippen LogP contribution in [0.15, 0.2) is 41.8 Å². The molecule has 0 atom stereocenters. The number of anilines is 1. The van der Waals surface area contributed by atoms with Gasteiger partial charge in [-0.15, -0.1) is 11.3 Å². The fourth-order valence-corrected chi connectivity index (χ4v) is 3.79. The lowest BCUT2D eigenvalue weighted by Crippen LogP contribution is -2.52. The number of thiophene rings is 1. The van der Waals surface area contributed by atoms with Crippen molar-refractivity contribution in [3.8, 4) is 0 Å². The number of alkyl halides is 3. The zero-order chi connectivity index (χ0) is 22.4. The van der Waals surface area contributed by atoms with Gasteiger partial charge in [0.15, 0.2) is 0 Å². The number of halogens is 3. The third-order valence-corrected chi connectivity index (χ3v) is 5.61. The molecule has 1 aliphatic rings. The summed E-state index contributed by atoms with van der Waals surface area (Å²) >= 11 is 1.28. The molecule has 3 rings (SSSR count). The molecule has 2 N–H and O–H groups in total. The number of nitrogens with one attached hydrogen (secondary N) is 2. The molecule has 166 valence electrons. The van der Waals surface area contributed by atoms with E-state index in [9.17, 15) is 27.6 Å². The fourth-order valence-electron chi connectivity index (χ4n) is 3.15. The number of benzene rings is 1. The summed E-state index contributed by atoms with van der Waals surface area (Å²) in [4.78, 5) is 40.3. The summed E-state index contributed by atoms with van der Waals surface area (Å²) in [5.41, 5.74) is -1.18. The minimum absolute atomic E-state index is 0.0800. The van der Waals surface area contributed by atoms with Crippen molar-refractivity contribution in [3.05, 3.63) is 52.2 Å². The molecule has 7 nitrogen and oxygen atoms in total. The van der Waals surface area contributed by atoms with E-state index < -0.39 is 17.6 Å². The second-order valence-electron chi connectivity index (χ2n) is 6.91. The van der Waals surface area contributed by atoms with Gasteiger partial charge < -0.3 is 15.5 Å². The SMILES string of the molecule is O=C(CN1CCN(C(=O)CNC(=O)c2cccs2)CC1)Nc1ccccc1C(F)(F)F. The van der Waals surface area contributed by atoms with Crippen molar-refractivity contribution in [2.24, 2.45) is 0 Å². The Kier molecular flexibility index (Phi) is 7.29. The van der Waals surface area contributed by atoms with Crippen molar-refractivity contribution < 1.29 is 27.6 Å². The van der Waals surface area contributed by atoms with Crippen LogP contribution in [0.1, 0.15) is 15.2 Å². The third-order valence-electron chi connectivity index (χ3n) is 4.74. The smallest absolute Gasteiger partial charge is 0.342 e. The Hall–Kier alpha value is -2.92. The van der Waals surface area contributed by atoms with Crippen molar-refractivity contribution in [1.82, 2.24) is 15.1 Å². The van der Waals surface area contributed by atoms with Gasteiger partial charge in [-0.1, -0.05) is 18.2 Å². The normalized spacial score (nSPS) is 14.9. The van der Waals surface area contributed by atoms with E-state index in [2.05, 4.69) is 10.6 Å². The molecule has 1 saturated heterocycles. The van der Waals surface area contributed by atoms with Gasteiger partial charge in [-0.25, -0.2) is 0 Å². The molecule has 1 aromatic carbocycles. The highest BCUT2D eigenvalue weighted by atomic mass is 32.1. The maximum absolute atomic E-state index is 13.0. The molecule has 1 aliphatic heterocycles. The highest BCUT2D eigenvalue weighted by Crippen LogP contribution is 2.34. The fraction of sp³-hybridized carbons (Fsp3) is 0.350. The van der Waals surface area contributed by atoms with Crippen LogP contribution in [0, 0.1) is 0 Å². The predicted octanol–water partition coefficient (Wildman–Crippen LogP) is 2.28. The lowest BCUT2D eigenvalue weighted by molar-refractivity contribution is -0.137. The van der Waals surface area contributed by atoms with Crippen molar-refractivity contribution in [2.45, 2.75) is 6.18 Å². The van der Waals surface area contributed by atoms with Crippen LogP contribution in [0.3, 0.4) is 0 Å². The van der Waals surface area contributed by atoms with Crippen LogP contribution in [0.2, 0.25) is 0 Å². The second-order valence-corrected chi connectivity index (χ2v) is 7.86. The molecule has 0 unspecified atom stereocenters. The Morgan fingerprint density at radius 2 is 1.71 bits per heavy atom. The number of hydrogen-bond acceptors (Lipinski definition) is 5. The summed E-state index contributed by atoms with van der Waals surface area (Å²) in [7, 11) is 0. The quantitative estimate of drug-likeness (QED) is 0.702. The molecular weight excluding hydrogens is 433 g/mol. The van der Waals surface area contributed by atoms with E-state index in [1.165, 1.54) is 29.5 Å². The number of carbonyl (C=O) groups is 3. The second kappa shape index (κ2) is 9.92. The first-order valence-corrected chi connectivity index (χ1v) is 10.4. The van der Waals surface area contributed by atoms with Gasteiger partial charge in [0.2, 0.25) is 11.8 Å². The molecule has 1 fully saturated rings. The van der Waals surface area contributed by atoms with Crippen LogP contribution in [0.25, 0.3) is 0 Å².